The van der Waals surface area contributed by atoms with Crippen LogP contribution in [0.25, 0.3) is 11.2 Å². The van der Waals surface area contributed by atoms with Gasteiger partial charge < -0.3 is 25.4 Å². The van der Waals surface area contributed by atoms with Gasteiger partial charge in [0.1, 0.15) is 6.10 Å². The largest absolute Gasteiger partial charge is 0.389 e. The highest BCUT2D eigenvalue weighted by Crippen LogP contribution is 2.67. The molecule has 2 saturated carbocycles. The first-order chi connectivity index (χ1) is 14.9. The number of halogens is 1. The Kier molecular flexibility index (Phi) is 4.65. The number of aryl methyl sites for hydroxylation is 1. The van der Waals surface area contributed by atoms with E-state index in [0.717, 1.165) is 11.1 Å². The van der Waals surface area contributed by atoms with E-state index >= 15 is 0 Å². The van der Waals surface area contributed by atoms with Crippen LogP contribution in [0, 0.1) is 18.3 Å². The fraction of sp³-hybridized carbons (Fsp3) is 0.429. The van der Waals surface area contributed by atoms with Gasteiger partial charge in [-0.3, -0.25) is 4.79 Å². The lowest BCUT2D eigenvalue weighted by Gasteiger charge is -2.23. The maximum absolute atomic E-state index is 12.4. The highest BCUT2D eigenvalue weighted by atomic mass is 35.5. The predicted octanol–water partition coefficient (Wildman–Crippen LogP) is 1.43. The molecule has 3 aromatic rings. The van der Waals surface area contributed by atoms with Gasteiger partial charge in [0.25, 0.3) is 0 Å². The number of imidazole rings is 1. The molecule has 0 saturated heterocycles. The number of fused-ring (bicyclic) bond motifs is 2. The van der Waals surface area contributed by atoms with Gasteiger partial charge in [-0.2, -0.15) is 9.97 Å². The van der Waals surface area contributed by atoms with Crippen molar-refractivity contribution < 1.29 is 15.0 Å². The van der Waals surface area contributed by atoms with Crippen molar-refractivity contribution in [3.63, 3.8) is 0 Å². The first-order valence-electron chi connectivity index (χ1n) is 10.1. The monoisotopic (exact) mass is 442 g/mol. The SMILES string of the molecule is CNC(=O)[C@@]12C[C@@H]1[C@@H](n1cnc3c(NCc4cccc(C)c4)nc(Cl)nc31)[C@@H](O)C2O. The molecule has 0 aliphatic heterocycles. The van der Waals surface area contributed by atoms with E-state index in [9.17, 15) is 15.0 Å². The number of carbonyl (C=O) groups excluding carboxylic acids is 1. The Morgan fingerprint density at radius 3 is 2.90 bits per heavy atom. The molecule has 2 fully saturated rings. The first-order valence-corrected chi connectivity index (χ1v) is 10.5. The average molecular weight is 443 g/mol. The number of benzene rings is 1. The van der Waals surface area contributed by atoms with Crippen LogP contribution in [0.3, 0.4) is 0 Å². The molecule has 5 rings (SSSR count). The molecule has 0 spiro atoms. The van der Waals surface area contributed by atoms with Gasteiger partial charge >= 0.3 is 0 Å². The molecular weight excluding hydrogens is 420 g/mol. The van der Waals surface area contributed by atoms with E-state index in [1.54, 1.807) is 10.9 Å². The smallest absolute Gasteiger partial charge is 0.229 e. The van der Waals surface area contributed by atoms with Crippen LogP contribution in [-0.2, 0) is 11.3 Å². The van der Waals surface area contributed by atoms with Crippen molar-refractivity contribution in [2.75, 3.05) is 12.4 Å². The number of anilines is 1. The second-order valence-corrected chi connectivity index (χ2v) is 8.70. The van der Waals surface area contributed by atoms with Crippen molar-refractivity contribution in [1.82, 2.24) is 24.8 Å². The Bertz CT molecular complexity index is 1180. The number of rotatable bonds is 5. The molecular formula is C21H23ClN6O3. The topological polar surface area (TPSA) is 125 Å². The fourth-order valence-corrected chi connectivity index (χ4v) is 5.19. The molecule has 1 aromatic carbocycles. The maximum atomic E-state index is 12.4. The average Bonchev–Trinajstić information content (AvgIpc) is 3.29. The Morgan fingerprint density at radius 2 is 2.16 bits per heavy atom. The molecule has 4 N–H and O–H groups in total. The molecule has 162 valence electrons. The molecule has 10 heteroatoms. The Hall–Kier alpha value is -2.75. The molecule has 0 radical (unpaired) electrons. The summed E-state index contributed by atoms with van der Waals surface area (Å²) in [5.41, 5.74) is 2.23. The van der Waals surface area contributed by atoms with Gasteiger partial charge in [0, 0.05) is 19.5 Å². The van der Waals surface area contributed by atoms with Gasteiger partial charge in [-0.05, 0) is 30.5 Å². The number of hydrogen-bond donors (Lipinski definition) is 4. The zero-order valence-electron chi connectivity index (χ0n) is 17.1. The van der Waals surface area contributed by atoms with Gasteiger partial charge in [-0.15, -0.1) is 0 Å². The zero-order chi connectivity index (χ0) is 21.9. The second kappa shape index (κ2) is 7.15. The molecule has 1 unspecified atom stereocenters. The summed E-state index contributed by atoms with van der Waals surface area (Å²) in [5.74, 6) is 0.00749. The van der Waals surface area contributed by atoms with Gasteiger partial charge in [-0.25, -0.2) is 4.98 Å². The van der Waals surface area contributed by atoms with E-state index in [4.69, 9.17) is 11.6 Å². The van der Waals surface area contributed by atoms with Crippen molar-refractivity contribution in [2.45, 2.75) is 38.1 Å². The maximum Gasteiger partial charge on any atom is 0.229 e. The standard InChI is InChI=1S/C21H23ClN6O3/c1-10-4-3-5-11(6-10)8-24-17-13-18(27-20(22)26-17)28(9-25-13)14-12-7-21(12,19(31)23-2)16(30)15(14)29/h3-6,9,12,14-16,29-30H,7-8H2,1-2H3,(H,23,31)(H,24,26,27)/t12-,14-,15-,16?,21+/m1/s1. The quantitative estimate of drug-likeness (QED) is 0.440. The number of hydrogen-bond acceptors (Lipinski definition) is 7. The minimum atomic E-state index is -1.16. The number of nitrogens with one attached hydrogen (secondary N) is 2. The Balaban J connectivity index is 1.49. The molecule has 5 atom stereocenters. The van der Waals surface area contributed by atoms with Crippen molar-refractivity contribution in [1.29, 1.82) is 0 Å². The molecule has 2 aliphatic carbocycles. The van der Waals surface area contributed by atoms with E-state index in [-0.39, 0.29) is 17.1 Å². The van der Waals surface area contributed by atoms with Crippen LogP contribution in [0.5, 0.6) is 0 Å². The molecule has 2 aliphatic rings. The van der Waals surface area contributed by atoms with Crippen LogP contribution in [0.4, 0.5) is 5.82 Å². The fourth-order valence-electron chi connectivity index (χ4n) is 5.03. The lowest BCUT2D eigenvalue weighted by molar-refractivity contribution is -0.132. The highest BCUT2D eigenvalue weighted by molar-refractivity contribution is 6.28. The van der Waals surface area contributed by atoms with Crippen molar-refractivity contribution in [3.05, 3.63) is 47.0 Å². The second-order valence-electron chi connectivity index (χ2n) is 8.36. The van der Waals surface area contributed by atoms with Crippen LogP contribution in [0.1, 0.15) is 23.6 Å². The van der Waals surface area contributed by atoms with Crippen LogP contribution >= 0.6 is 11.6 Å². The summed E-state index contributed by atoms with van der Waals surface area (Å²) in [6, 6.07) is 7.58. The molecule has 9 nitrogen and oxygen atoms in total. The number of carbonyl (C=O) groups is 1. The number of aliphatic hydroxyl groups excluding tert-OH is 2. The third kappa shape index (κ3) is 2.99. The zero-order valence-corrected chi connectivity index (χ0v) is 17.8. The lowest BCUT2D eigenvalue weighted by Crippen LogP contribution is -2.41. The predicted molar refractivity (Wildman–Crippen MR) is 114 cm³/mol. The van der Waals surface area contributed by atoms with Gasteiger partial charge in [0.2, 0.25) is 11.2 Å². The third-order valence-electron chi connectivity index (χ3n) is 6.58. The number of nitrogens with zero attached hydrogens (tertiary/aromatic N) is 4. The van der Waals surface area contributed by atoms with Crippen molar-refractivity contribution in [3.8, 4) is 0 Å². The number of amides is 1. The Morgan fingerprint density at radius 1 is 1.35 bits per heavy atom. The molecule has 2 heterocycles. The van der Waals surface area contributed by atoms with Crippen LogP contribution < -0.4 is 10.6 Å². The van der Waals surface area contributed by atoms with Crippen molar-refractivity contribution >= 4 is 34.5 Å². The summed E-state index contributed by atoms with van der Waals surface area (Å²) < 4.78 is 1.71. The van der Waals surface area contributed by atoms with Gasteiger partial charge in [0.05, 0.1) is 23.9 Å². The minimum Gasteiger partial charge on any atom is -0.389 e. The van der Waals surface area contributed by atoms with Crippen molar-refractivity contribution in [2.24, 2.45) is 11.3 Å². The molecule has 2 aromatic heterocycles. The number of aliphatic hydroxyl groups is 2. The highest BCUT2D eigenvalue weighted by Gasteiger charge is 2.75. The minimum absolute atomic E-state index is 0.0439. The van der Waals surface area contributed by atoms with E-state index in [2.05, 4.69) is 31.7 Å². The van der Waals surface area contributed by atoms with E-state index in [1.807, 2.05) is 25.1 Å². The third-order valence-corrected chi connectivity index (χ3v) is 6.75. The van der Waals surface area contributed by atoms with Crippen LogP contribution in [0.15, 0.2) is 30.6 Å². The molecule has 31 heavy (non-hydrogen) atoms. The normalized spacial score (nSPS) is 29.1. The van der Waals surface area contributed by atoms with Crippen LogP contribution in [-0.4, -0.2) is 54.9 Å². The van der Waals surface area contributed by atoms with Gasteiger partial charge in [-0.1, -0.05) is 29.8 Å². The summed E-state index contributed by atoms with van der Waals surface area (Å²) in [6.07, 6.45) is -0.221. The van der Waals surface area contributed by atoms with E-state index in [1.165, 1.54) is 7.05 Å². The lowest BCUT2D eigenvalue weighted by atomic mass is 9.98. The first kappa shape index (κ1) is 20.2. The Labute approximate surface area is 183 Å². The van der Waals surface area contributed by atoms with E-state index in [0.29, 0.717) is 29.9 Å². The summed E-state index contributed by atoms with van der Waals surface area (Å²) in [4.78, 5) is 25.5. The molecule has 0 bridgehead atoms. The summed E-state index contributed by atoms with van der Waals surface area (Å²) >= 11 is 6.20. The summed E-state index contributed by atoms with van der Waals surface area (Å²) in [5, 5.41) is 27.3. The number of aromatic nitrogens is 4. The molecule has 1 amide bonds. The van der Waals surface area contributed by atoms with Crippen LogP contribution in [0.2, 0.25) is 5.28 Å². The van der Waals surface area contributed by atoms with Gasteiger partial charge in [0.15, 0.2) is 17.0 Å². The summed E-state index contributed by atoms with van der Waals surface area (Å²) in [6.45, 7) is 2.56. The van der Waals surface area contributed by atoms with E-state index < -0.39 is 23.7 Å². The summed E-state index contributed by atoms with van der Waals surface area (Å²) in [7, 11) is 1.53.